The van der Waals surface area contributed by atoms with Crippen molar-refractivity contribution < 1.29 is 23.8 Å². The molecule has 0 atom stereocenters. The lowest BCUT2D eigenvalue weighted by Gasteiger charge is -2.11. The van der Waals surface area contributed by atoms with Gasteiger partial charge >= 0.3 is 5.97 Å². The Morgan fingerprint density at radius 3 is 2.57 bits per heavy atom. The largest absolute Gasteiger partial charge is 0.490 e. The number of esters is 1. The van der Waals surface area contributed by atoms with Crippen LogP contribution in [-0.2, 0) is 22.4 Å². The predicted octanol–water partition coefficient (Wildman–Crippen LogP) is 4.86. The van der Waals surface area contributed by atoms with Crippen molar-refractivity contribution in [3.8, 4) is 11.5 Å². The normalized spacial score (nSPS) is 13.0. The summed E-state index contributed by atoms with van der Waals surface area (Å²) >= 11 is 1.47. The van der Waals surface area contributed by atoms with Crippen molar-refractivity contribution in [3.63, 3.8) is 0 Å². The van der Waals surface area contributed by atoms with E-state index in [-0.39, 0.29) is 5.91 Å². The summed E-state index contributed by atoms with van der Waals surface area (Å²) in [6.45, 7) is 4.89. The highest BCUT2D eigenvalue weighted by molar-refractivity contribution is 7.17. The number of methoxy groups -OCH3 is 1. The van der Waals surface area contributed by atoms with Crippen LogP contribution >= 0.6 is 11.3 Å². The second-order valence-electron chi connectivity index (χ2n) is 6.80. The molecule has 1 N–H and O–H groups in total. The van der Waals surface area contributed by atoms with E-state index >= 15 is 0 Å². The van der Waals surface area contributed by atoms with Gasteiger partial charge in [0.1, 0.15) is 5.00 Å². The molecule has 1 aliphatic carbocycles. The number of benzene rings is 1. The first-order valence-electron chi connectivity index (χ1n) is 10.2. The van der Waals surface area contributed by atoms with Gasteiger partial charge in [0.25, 0.3) is 0 Å². The predicted molar refractivity (Wildman–Crippen MR) is 119 cm³/mol. The number of fused-ring (bicyclic) bond motifs is 1. The lowest BCUT2D eigenvalue weighted by molar-refractivity contribution is -0.111. The maximum absolute atomic E-state index is 12.5. The lowest BCUT2D eigenvalue weighted by Crippen LogP contribution is -2.13. The number of hydrogen-bond acceptors (Lipinski definition) is 6. The zero-order valence-corrected chi connectivity index (χ0v) is 18.4. The van der Waals surface area contributed by atoms with E-state index in [0.29, 0.717) is 35.3 Å². The van der Waals surface area contributed by atoms with E-state index in [2.05, 4.69) is 5.32 Å². The number of nitrogens with one attached hydrogen (secondary N) is 1. The lowest BCUT2D eigenvalue weighted by atomic mass is 9.95. The fraction of sp³-hybridized carbons (Fsp3) is 0.391. The third-order valence-corrected chi connectivity index (χ3v) is 6.00. The second-order valence-corrected chi connectivity index (χ2v) is 7.91. The fourth-order valence-corrected chi connectivity index (χ4v) is 4.75. The maximum Gasteiger partial charge on any atom is 0.341 e. The standard InChI is InChI=1S/C23H27NO5S/c1-4-28-17-12-10-15(14-18(17)29-5-2)11-13-20(25)24-22-21(23(26)27-3)16-8-6-7-9-19(16)30-22/h10-14H,4-9H2,1-3H3,(H,24,25). The Kier molecular flexibility index (Phi) is 7.52. The number of carbonyl (C=O) groups is 2. The average molecular weight is 430 g/mol. The van der Waals surface area contributed by atoms with Gasteiger partial charge in [0, 0.05) is 11.0 Å². The van der Waals surface area contributed by atoms with Crippen molar-refractivity contribution in [2.24, 2.45) is 0 Å². The van der Waals surface area contributed by atoms with Crippen LogP contribution in [-0.4, -0.2) is 32.2 Å². The van der Waals surface area contributed by atoms with Gasteiger partial charge < -0.3 is 19.5 Å². The summed E-state index contributed by atoms with van der Waals surface area (Å²) < 4.78 is 16.1. The molecule has 0 saturated heterocycles. The van der Waals surface area contributed by atoms with Gasteiger partial charge in [-0.1, -0.05) is 6.07 Å². The molecule has 1 heterocycles. The van der Waals surface area contributed by atoms with Gasteiger partial charge in [-0.05, 0) is 68.9 Å². The first-order chi connectivity index (χ1) is 14.6. The molecule has 3 rings (SSSR count). The summed E-state index contributed by atoms with van der Waals surface area (Å²) in [6, 6.07) is 5.53. The first-order valence-corrected chi connectivity index (χ1v) is 11.0. The maximum atomic E-state index is 12.5. The van der Waals surface area contributed by atoms with Crippen molar-refractivity contribution in [1.29, 1.82) is 0 Å². The number of hydrogen-bond donors (Lipinski definition) is 1. The van der Waals surface area contributed by atoms with Crippen LogP contribution in [0.15, 0.2) is 24.3 Å². The van der Waals surface area contributed by atoms with Gasteiger partial charge in [-0.15, -0.1) is 11.3 Å². The summed E-state index contributed by atoms with van der Waals surface area (Å²) in [5.74, 6) is 0.612. The molecule has 0 saturated carbocycles. The number of rotatable bonds is 8. The van der Waals surface area contributed by atoms with Crippen molar-refractivity contribution in [2.45, 2.75) is 39.5 Å². The highest BCUT2D eigenvalue weighted by Gasteiger charge is 2.26. The van der Waals surface area contributed by atoms with Crippen LogP contribution in [0.4, 0.5) is 5.00 Å². The molecule has 1 aromatic carbocycles. The van der Waals surface area contributed by atoms with Gasteiger partial charge in [-0.2, -0.15) is 0 Å². The quantitative estimate of drug-likeness (QED) is 0.479. The van der Waals surface area contributed by atoms with Crippen LogP contribution in [0.3, 0.4) is 0 Å². The molecule has 160 valence electrons. The molecule has 1 aliphatic rings. The summed E-state index contributed by atoms with van der Waals surface area (Å²) in [5.41, 5.74) is 2.33. The van der Waals surface area contributed by atoms with Crippen molar-refractivity contribution in [1.82, 2.24) is 0 Å². The van der Waals surface area contributed by atoms with Crippen LogP contribution in [0.1, 0.15) is 53.1 Å². The molecule has 0 radical (unpaired) electrons. The molecule has 30 heavy (non-hydrogen) atoms. The Hall–Kier alpha value is -2.80. The molecule has 0 spiro atoms. The molecule has 0 bridgehead atoms. The number of thiophene rings is 1. The Balaban J connectivity index is 1.77. The minimum Gasteiger partial charge on any atom is -0.490 e. The topological polar surface area (TPSA) is 73.9 Å². The van der Waals surface area contributed by atoms with Crippen LogP contribution < -0.4 is 14.8 Å². The molecule has 6 nitrogen and oxygen atoms in total. The van der Waals surface area contributed by atoms with E-state index in [1.54, 1.807) is 6.08 Å². The first kappa shape index (κ1) is 21.9. The van der Waals surface area contributed by atoms with Gasteiger partial charge in [0.2, 0.25) is 5.91 Å². The number of amides is 1. The summed E-state index contributed by atoms with van der Waals surface area (Å²) in [7, 11) is 1.36. The van der Waals surface area contributed by atoms with Crippen molar-refractivity contribution in [2.75, 3.05) is 25.6 Å². The van der Waals surface area contributed by atoms with Gasteiger partial charge in [-0.25, -0.2) is 4.79 Å². The highest BCUT2D eigenvalue weighted by Crippen LogP contribution is 2.38. The van der Waals surface area contributed by atoms with Gasteiger partial charge in [0.15, 0.2) is 11.5 Å². The average Bonchev–Trinajstić information content (AvgIpc) is 3.11. The Morgan fingerprint density at radius 2 is 1.83 bits per heavy atom. The molecule has 7 heteroatoms. The molecule has 0 fully saturated rings. The summed E-state index contributed by atoms with van der Waals surface area (Å²) in [4.78, 5) is 26.0. The summed E-state index contributed by atoms with van der Waals surface area (Å²) in [5, 5.41) is 3.42. The fourth-order valence-electron chi connectivity index (χ4n) is 3.47. The summed E-state index contributed by atoms with van der Waals surface area (Å²) in [6.07, 6.45) is 7.07. The monoisotopic (exact) mass is 429 g/mol. The van der Waals surface area contributed by atoms with Gasteiger partial charge in [-0.3, -0.25) is 4.79 Å². The molecule has 1 aromatic heterocycles. The van der Waals surface area contributed by atoms with E-state index < -0.39 is 5.97 Å². The highest BCUT2D eigenvalue weighted by atomic mass is 32.1. The minimum absolute atomic E-state index is 0.300. The molecule has 0 unspecified atom stereocenters. The Bertz CT molecular complexity index is 947. The SMILES string of the molecule is CCOc1ccc(C=CC(=O)Nc2sc3c(c2C(=O)OC)CCCC3)cc1OCC. The van der Waals surface area contributed by atoms with E-state index in [0.717, 1.165) is 41.7 Å². The van der Waals surface area contributed by atoms with Crippen LogP contribution in [0.5, 0.6) is 11.5 Å². The third kappa shape index (κ3) is 5.02. The molecule has 0 aliphatic heterocycles. The molecular formula is C23H27NO5S. The zero-order chi connectivity index (χ0) is 21.5. The Morgan fingerprint density at radius 1 is 1.10 bits per heavy atom. The van der Waals surface area contributed by atoms with E-state index in [9.17, 15) is 9.59 Å². The number of anilines is 1. The third-order valence-electron chi connectivity index (χ3n) is 4.79. The van der Waals surface area contributed by atoms with Crippen molar-refractivity contribution in [3.05, 3.63) is 45.8 Å². The van der Waals surface area contributed by atoms with Gasteiger partial charge in [0.05, 0.1) is 25.9 Å². The van der Waals surface area contributed by atoms with E-state index in [4.69, 9.17) is 14.2 Å². The second kappa shape index (κ2) is 10.3. The number of carbonyl (C=O) groups excluding carboxylic acids is 2. The van der Waals surface area contributed by atoms with E-state index in [1.807, 2.05) is 32.0 Å². The minimum atomic E-state index is -0.401. The number of aryl methyl sites for hydroxylation is 1. The number of ether oxygens (including phenoxy) is 3. The zero-order valence-electron chi connectivity index (χ0n) is 17.6. The van der Waals surface area contributed by atoms with Crippen LogP contribution in [0.25, 0.3) is 6.08 Å². The smallest absolute Gasteiger partial charge is 0.341 e. The Labute approximate surface area is 180 Å². The van der Waals surface area contributed by atoms with E-state index in [1.165, 1.54) is 24.5 Å². The van der Waals surface area contributed by atoms with Crippen LogP contribution in [0.2, 0.25) is 0 Å². The van der Waals surface area contributed by atoms with Crippen molar-refractivity contribution >= 4 is 34.3 Å². The van der Waals surface area contributed by atoms with Crippen LogP contribution in [0, 0.1) is 0 Å². The molecular weight excluding hydrogens is 402 g/mol. The molecule has 1 amide bonds. The molecule has 2 aromatic rings.